The van der Waals surface area contributed by atoms with Gasteiger partial charge in [0.25, 0.3) is 0 Å². The molecule has 2 radical (unpaired) electrons. The summed E-state index contributed by atoms with van der Waals surface area (Å²) in [6.45, 7) is 5.99. The molecule has 0 rings (SSSR count). The third kappa shape index (κ3) is 24.5. The molecule has 0 amide bonds. The zero-order valence-corrected chi connectivity index (χ0v) is 14.3. The van der Waals surface area contributed by atoms with E-state index >= 15 is 0 Å². The van der Waals surface area contributed by atoms with Gasteiger partial charge in [0.1, 0.15) is 0 Å². The van der Waals surface area contributed by atoms with E-state index in [-0.39, 0.29) is 77.9 Å². The quantitative estimate of drug-likeness (QED) is 0.283. The second-order valence-corrected chi connectivity index (χ2v) is 2.57. The molecular weight excluding hydrogens is 424 g/mol. The molecule has 2 nitrogen and oxygen atoms in total. The van der Waals surface area contributed by atoms with Crippen molar-refractivity contribution in [1.29, 1.82) is 0 Å². The molecule has 1 N–H and O–H groups in total. The predicted octanol–water partition coefficient (Wildman–Crippen LogP) is 1.06. The molecule has 0 atom stereocenters. The van der Waals surface area contributed by atoms with Gasteiger partial charge in [-0.3, -0.25) is 7.05 Å². The van der Waals surface area contributed by atoms with Gasteiger partial charge in [-0.1, -0.05) is 0 Å². The first-order valence-electron chi connectivity index (χ1n) is 2.55. The summed E-state index contributed by atoms with van der Waals surface area (Å²) in [5.41, 5.74) is -0.0370. The Morgan fingerprint density at radius 1 is 1.36 bits per heavy atom. The second kappa shape index (κ2) is 11.8. The van der Waals surface area contributed by atoms with Gasteiger partial charge in [-0.25, -0.2) is 0 Å². The van der Waals surface area contributed by atoms with Crippen LogP contribution in [0.25, 0.3) is 0 Å². The molecule has 0 aliphatic rings. The van der Waals surface area contributed by atoms with E-state index in [0.717, 1.165) is 0 Å². The van der Waals surface area contributed by atoms with Crippen LogP contribution < -0.4 is 5.32 Å². The fraction of sp³-hybridized carbons (Fsp3) is 0.667. The Bertz CT molecular complexity index is 93.1. The SMILES string of the molecule is [CH2-]N[C-]=NC(C)(C)C.[V].[W].[Y]. The number of hydrogen-bond acceptors (Lipinski definition) is 1. The van der Waals surface area contributed by atoms with Crippen molar-refractivity contribution in [1.82, 2.24) is 5.32 Å². The molecule has 0 fully saturated rings. The Kier molecular flexibility index (Phi) is 24.8. The van der Waals surface area contributed by atoms with Gasteiger partial charge in [0, 0.05) is 77.9 Å². The van der Waals surface area contributed by atoms with E-state index in [1.807, 2.05) is 20.8 Å². The van der Waals surface area contributed by atoms with Crippen LogP contribution >= 0.6 is 0 Å². The Morgan fingerprint density at radius 2 is 1.73 bits per heavy atom. The van der Waals surface area contributed by atoms with Gasteiger partial charge in [0.05, 0.1) is 0 Å². The van der Waals surface area contributed by atoms with Crippen molar-refractivity contribution in [2.24, 2.45) is 4.99 Å². The zero-order chi connectivity index (χ0) is 6.62. The summed E-state index contributed by atoms with van der Waals surface area (Å²) in [5.74, 6) is 0. The van der Waals surface area contributed by atoms with Crippen molar-refractivity contribution in [3.63, 3.8) is 0 Å². The summed E-state index contributed by atoms with van der Waals surface area (Å²) < 4.78 is 0. The fourth-order valence-electron chi connectivity index (χ4n) is 0.207. The van der Waals surface area contributed by atoms with E-state index in [2.05, 4.69) is 23.7 Å². The van der Waals surface area contributed by atoms with Crippen LogP contribution in [0.1, 0.15) is 20.8 Å². The molecule has 0 heterocycles. The van der Waals surface area contributed by atoms with Crippen LogP contribution in [-0.2, 0) is 72.3 Å². The molecule has 62 valence electrons. The first-order chi connectivity index (χ1) is 3.56. The van der Waals surface area contributed by atoms with Crippen molar-refractivity contribution < 1.29 is 72.3 Å². The third-order valence-electron chi connectivity index (χ3n) is 0.470. The van der Waals surface area contributed by atoms with Gasteiger partial charge in [0.2, 0.25) is 0 Å². The molecule has 0 spiro atoms. The average molecular weight is 436 g/mol. The van der Waals surface area contributed by atoms with E-state index in [1.165, 1.54) is 0 Å². The maximum Gasteiger partial charge on any atom is 0.0158 e. The molecular formula is C6H12N2VWY-2. The monoisotopic (exact) mass is 436 g/mol. The van der Waals surface area contributed by atoms with Gasteiger partial charge in [-0.05, 0) is 20.8 Å². The van der Waals surface area contributed by atoms with Gasteiger partial charge in [-0.15, -0.1) is 0 Å². The molecule has 0 saturated carbocycles. The molecule has 11 heavy (non-hydrogen) atoms. The van der Waals surface area contributed by atoms with Crippen LogP contribution in [-0.4, -0.2) is 11.9 Å². The minimum Gasteiger partial charge on any atom is -0.697 e. The van der Waals surface area contributed by atoms with Crippen molar-refractivity contribution in [2.45, 2.75) is 26.3 Å². The molecule has 0 aromatic rings. The topological polar surface area (TPSA) is 24.4 Å². The van der Waals surface area contributed by atoms with Crippen LogP contribution in [0.15, 0.2) is 4.99 Å². The van der Waals surface area contributed by atoms with Crippen molar-refractivity contribution in [3.05, 3.63) is 7.05 Å². The summed E-state index contributed by atoms with van der Waals surface area (Å²) in [7, 11) is 3.33. The number of nitrogens with one attached hydrogen (secondary N) is 1. The van der Waals surface area contributed by atoms with E-state index in [1.54, 1.807) is 0 Å². The number of hydrogen-bond donors (Lipinski definition) is 1. The van der Waals surface area contributed by atoms with Gasteiger partial charge in [-0.2, -0.15) is 0 Å². The smallest absolute Gasteiger partial charge is 0.0158 e. The number of aliphatic imine (C=N–C) groups is 1. The minimum atomic E-state index is -0.0370. The maximum atomic E-state index is 3.95. The fourth-order valence-corrected chi connectivity index (χ4v) is 0.207. The molecule has 0 unspecified atom stereocenters. The van der Waals surface area contributed by atoms with Crippen molar-refractivity contribution >= 4 is 6.34 Å². The largest absolute Gasteiger partial charge is 0.697 e. The molecule has 0 aliphatic carbocycles. The van der Waals surface area contributed by atoms with Gasteiger partial charge >= 0.3 is 0 Å². The van der Waals surface area contributed by atoms with E-state index in [9.17, 15) is 0 Å². The number of nitrogens with zero attached hydrogens (tertiary/aromatic N) is 1. The van der Waals surface area contributed by atoms with Gasteiger partial charge < -0.3 is 16.6 Å². The van der Waals surface area contributed by atoms with Crippen LogP contribution in [0.3, 0.4) is 0 Å². The summed E-state index contributed by atoms with van der Waals surface area (Å²) >= 11 is 0. The van der Waals surface area contributed by atoms with E-state index in [0.29, 0.717) is 0 Å². The number of rotatable bonds is 1. The normalized spacial score (nSPS) is 9.09. The van der Waals surface area contributed by atoms with E-state index in [4.69, 9.17) is 0 Å². The second-order valence-electron chi connectivity index (χ2n) is 2.57. The van der Waals surface area contributed by atoms with Crippen LogP contribution in [0, 0.1) is 7.05 Å². The van der Waals surface area contributed by atoms with Crippen LogP contribution in [0.2, 0.25) is 0 Å². The Morgan fingerprint density at radius 3 is 1.82 bits per heavy atom. The molecule has 0 aliphatic heterocycles. The average Bonchev–Trinajstić information content (AvgIpc) is 1.59. The Hall–Kier alpha value is 1.85. The first-order valence-corrected chi connectivity index (χ1v) is 2.55. The summed E-state index contributed by atoms with van der Waals surface area (Å²) in [6.07, 6.45) is 2.55. The molecule has 0 aromatic carbocycles. The van der Waals surface area contributed by atoms with E-state index < -0.39 is 0 Å². The van der Waals surface area contributed by atoms with Crippen LogP contribution in [0.4, 0.5) is 0 Å². The zero-order valence-electron chi connectivity index (χ0n) is 7.09. The third-order valence-corrected chi connectivity index (χ3v) is 0.470. The summed E-state index contributed by atoms with van der Waals surface area (Å²) in [5, 5.41) is 2.46. The minimum absolute atomic E-state index is 0. The predicted molar refractivity (Wildman–Crippen MR) is 35.7 cm³/mol. The summed E-state index contributed by atoms with van der Waals surface area (Å²) in [4.78, 5) is 3.95. The molecule has 0 bridgehead atoms. The molecule has 5 heteroatoms. The first kappa shape index (κ1) is 23.0. The molecule has 0 saturated heterocycles. The van der Waals surface area contributed by atoms with Gasteiger partial charge in [0.15, 0.2) is 0 Å². The Labute approximate surface area is 121 Å². The summed E-state index contributed by atoms with van der Waals surface area (Å²) in [6, 6.07) is 0. The molecule has 0 aromatic heterocycles. The maximum absolute atomic E-state index is 3.95. The standard InChI is InChI=1S/C6H12N2.V.W.Y/c1-6(2,3)8-5-7-4;;;/h4H2,1-3H3,(H,7,8);;;/q-2;;;. The van der Waals surface area contributed by atoms with Crippen LogP contribution in [0.5, 0.6) is 0 Å². The van der Waals surface area contributed by atoms with Crippen molar-refractivity contribution in [3.8, 4) is 0 Å². The Balaban J connectivity index is -0.0000000817. The van der Waals surface area contributed by atoms with Crippen molar-refractivity contribution in [2.75, 3.05) is 0 Å².